The highest BCUT2D eigenvalue weighted by Gasteiger charge is 2.07. The standard InChI is InChI=1S/C16H25NO/c1-11(2)17-10-15(18)6-7-16-13(4)8-12(3)9-14(16)5/h8-9,11,17H,6-7,10H2,1-5H3. The van der Waals surface area contributed by atoms with Crippen molar-refractivity contribution in [3.63, 3.8) is 0 Å². The van der Waals surface area contributed by atoms with Crippen LogP contribution < -0.4 is 5.32 Å². The van der Waals surface area contributed by atoms with Gasteiger partial charge in [-0.15, -0.1) is 0 Å². The number of hydrogen-bond acceptors (Lipinski definition) is 2. The highest BCUT2D eigenvalue weighted by atomic mass is 16.1. The van der Waals surface area contributed by atoms with Gasteiger partial charge in [0.1, 0.15) is 5.78 Å². The fourth-order valence-electron chi connectivity index (χ4n) is 2.28. The van der Waals surface area contributed by atoms with Crippen LogP contribution in [0.2, 0.25) is 0 Å². The predicted molar refractivity (Wildman–Crippen MR) is 77.1 cm³/mol. The van der Waals surface area contributed by atoms with Gasteiger partial charge in [-0.3, -0.25) is 4.79 Å². The zero-order valence-electron chi connectivity index (χ0n) is 12.3. The van der Waals surface area contributed by atoms with Crippen LogP contribution in [0.4, 0.5) is 0 Å². The number of rotatable bonds is 6. The summed E-state index contributed by atoms with van der Waals surface area (Å²) < 4.78 is 0. The van der Waals surface area contributed by atoms with Crippen LogP contribution in [0.25, 0.3) is 0 Å². The van der Waals surface area contributed by atoms with Crippen LogP contribution in [0.15, 0.2) is 12.1 Å². The van der Waals surface area contributed by atoms with Gasteiger partial charge in [0.05, 0.1) is 6.54 Å². The first-order chi connectivity index (χ1) is 8.40. The van der Waals surface area contributed by atoms with Crippen molar-refractivity contribution in [3.8, 4) is 0 Å². The zero-order chi connectivity index (χ0) is 13.7. The summed E-state index contributed by atoms with van der Waals surface area (Å²) in [6, 6.07) is 4.76. The Morgan fingerprint density at radius 1 is 1.17 bits per heavy atom. The Morgan fingerprint density at radius 3 is 2.22 bits per heavy atom. The number of benzene rings is 1. The summed E-state index contributed by atoms with van der Waals surface area (Å²) in [7, 11) is 0. The predicted octanol–water partition coefficient (Wildman–Crippen LogP) is 3.11. The fraction of sp³-hybridized carbons (Fsp3) is 0.562. The summed E-state index contributed by atoms with van der Waals surface area (Å²) in [6.07, 6.45) is 1.49. The van der Waals surface area contributed by atoms with Crippen molar-refractivity contribution in [2.45, 2.75) is 53.5 Å². The lowest BCUT2D eigenvalue weighted by Gasteiger charge is -2.11. The molecule has 0 aliphatic heterocycles. The van der Waals surface area contributed by atoms with Crippen LogP contribution >= 0.6 is 0 Å². The Kier molecular flexibility index (Phi) is 5.54. The molecule has 1 rings (SSSR count). The largest absolute Gasteiger partial charge is 0.308 e. The number of carbonyl (C=O) groups is 1. The molecular weight excluding hydrogens is 222 g/mol. The first kappa shape index (κ1) is 14.9. The molecule has 0 aliphatic rings. The van der Waals surface area contributed by atoms with Gasteiger partial charge in [0.2, 0.25) is 0 Å². The number of ketones is 1. The molecule has 0 saturated heterocycles. The van der Waals surface area contributed by atoms with E-state index in [-0.39, 0.29) is 0 Å². The number of Topliss-reactive ketones (excluding diaryl/α,β-unsaturated/α-hetero) is 1. The SMILES string of the molecule is Cc1cc(C)c(CCC(=O)CNC(C)C)c(C)c1. The first-order valence-corrected chi connectivity index (χ1v) is 6.72. The van der Waals surface area contributed by atoms with Crippen molar-refractivity contribution in [1.29, 1.82) is 0 Å². The molecule has 1 N–H and O–H groups in total. The molecule has 0 spiro atoms. The van der Waals surface area contributed by atoms with E-state index in [2.05, 4.69) is 52.1 Å². The molecule has 1 aromatic rings. The molecule has 0 saturated carbocycles. The van der Waals surface area contributed by atoms with Crippen molar-refractivity contribution in [2.75, 3.05) is 6.54 Å². The average Bonchev–Trinajstić information content (AvgIpc) is 2.24. The third-order valence-corrected chi connectivity index (χ3v) is 3.20. The summed E-state index contributed by atoms with van der Waals surface area (Å²) in [5, 5.41) is 3.17. The molecule has 1 aromatic carbocycles. The van der Waals surface area contributed by atoms with Crippen LogP contribution in [-0.4, -0.2) is 18.4 Å². The smallest absolute Gasteiger partial charge is 0.146 e. The molecule has 100 valence electrons. The molecule has 18 heavy (non-hydrogen) atoms. The van der Waals surface area contributed by atoms with Gasteiger partial charge >= 0.3 is 0 Å². The molecule has 2 nitrogen and oxygen atoms in total. The van der Waals surface area contributed by atoms with Crippen LogP contribution in [-0.2, 0) is 11.2 Å². The second-order valence-electron chi connectivity index (χ2n) is 5.45. The van der Waals surface area contributed by atoms with E-state index in [0.717, 1.165) is 6.42 Å². The average molecular weight is 247 g/mol. The van der Waals surface area contributed by atoms with E-state index in [4.69, 9.17) is 0 Å². The molecule has 0 aliphatic carbocycles. The Bertz CT molecular complexity index is 398. The Morgan fingerprint density at radius 2 is 1.72 bits per heavy atom. The van der Waals surface area contributed by atoms with Gasteiger partial charge in [0.15, 0.2) is 0 Å². The van der Waals surface area contributed by atoms with E-state index in [9.17, 15) is 4.79 Å². The van der Waals surface area contributed by atoms with E-state index in [1.54, 1.807) is 0 Å². The maximum absolute atomic E-state index is 11.7. The molecule has 0 heterocycles. The van der Waals surface area contributed by atoms with E-state index in [0.29, 0.717) is 24.8 Å². The van der Waals surface area contributed by atoms with Crippen molar-refractivity contribution in [2.24, 2.45) is 0 Å². The van der Waals surface area contributed by atoms with Crippen molar-refractivity contribution in [3.05, 3.63) is 34.4 Å². The quantitative estimate of drug-likeness (QED) is 0.837. The molecule has 0 bridgehead atoms. The van der Waals surface area contributed by atoms with E-state index < -0.39 is 0 Å². The number of hydrogen-bond donors (Lipinski definition) is 1. The van der Waals surface area contributed by atoms with Crippen molar-refractivity contribution < 1.29 is 4.79 Å². The van der Waals surface area contributed by atoms with Crippen LogP contribution in [0.5, 0.6) is 0 Å². The molecular formula is C16H25NO. The number of aryl methyl sites for hydroxylation is 3. The summed E-state index contributed by atoms with van der Waals surface area (Å²) >= 11 is 0. The molecule has 0 unspecified atom stereocenters. The van der Waals surface area contributed by atoms with Crippen LogP contribution in [0.3, 0.4) is 0 Å². The lowest BCUT2D eigenvalue weighted by Crippen LogP contribution is -2.29. The monoisotopic (exact) mass is 247 g/mol. The van der Waals surface area contributed by atoms with Gasteiger partial charge in [-0.1, -0.05) is 31.5 Å². The van der Waals surface area contributed by atoms with Gasteiger partial charge < -0.3 is 5.32 Å². The third kappa shape index (κ3) is 4.61. The lowest BCUT2D eigenvalue weighted by molar-refractivity contribution is -0.118. The summed E-state index contributed by atoms with van der Waals surface area (Å²) in [5.74, 6) is 0.295. The van der Waals surface area contributed by atoms with Crippen LogP contribution in [0, 0.1) is 20.8 Å². The van der Waals surface area contributed by atoms with E-state index in [1.807, 2.05) is 0 Å². The van der Waals surface area contributed by atoms with E-state index in [1.165, 1.54) is 22.3 Å². The summed E-state index contributed by atoms with van der Waals surface area (Å²) in [6.45, 7) is 11.0. The molecule has 0 amide bonds. The molecule has 0 radical (unpaired) electrons. The highest BCUT2D eigenvalue weighted by Crippen LogP contribution is 2.18. The van der Waals surface area contributed by atoms with Gasteiger partial charge in [-0.25, -0.2) is 0 Å². The maximum atomic E-state index is 11.7. The maximum Gasteiger partial charge on any atom is 0.146 e. The fourth-order valence-corrected chi connectivity index (χ4v) is 2.28. The summed E-state index contributed by atoms with van der Waals surface area (Å²) in [5.41, 5.74) is 5.23. The topological polar surface area (TPSA) is 29.1 Å². The van der Waals surface area contributed by atoms with Crippen molar-refractivity contribution in [1.82, 2.24) is 5.32 Å². The minimum atomic E-state index is 0.295. The van der Waals surface area contributed by atoms with Gasteiger partial charge in [0.25, 0.3) is 0 Å². The molecule has 0 aromatic heterocycles. The Labute approximate surface area is 111 Å². The molecule has 0 atom stereocenters. The summed E-state index contributed by atoms with van der Waals surface area (Å²) in [4.78, 5) is 11.7. The Balaban J connectivity index is 2.56. The Hall–Kier alpha value is -1.15. The first-order valence-electron chi connectivity index (χ1n) is 6.72. The van der Waals surface area contributed by atoms with Gasteiger partial charge in [-0.05, 0) is 43.9 Å². The highest BCUT2D eigenvalue weighted by molar-refractivity contribution is 5.80. The van der Waals surface area contributed by atoms with Gasteiger partial charge in [0, 0.05) is 12.5 Å². The molecule has 2 heteroatoms. The van der Waals surface area contributed by atoms with E-state index >= 15 is 0 Å². The third-order valence-electron chi connectivity index (χ3n) is 3.20. The van der Waals surface area contributed by atoms with Crippen molar-refractivity contribution >= 4 is 5.78 Å². The number of nitrogens with one attached hydrogen (secondary N) is 1. The zero-order valence-corrected chi connectivity index (χ0v) is 12.3. The minimum Gasteiger partial charge on any atom is -0.308 e. The van der Waals surface area contributed by atoms with Crippen LogP contribution in [0.1, 0.15) is 42.5 Å². The second-order valence-corrected chi connectivity index (χ2v) is 5.45. The second kappa shape index (κ2) is 6.69. The normalized spacial score (nSPS) is 11.0. The molecule has 0 fully saturated rings. The lowest BCUT2D eigenvalue weighted by atomic mass is 9.95. The minimum absolute atomic E-state index is 0.295. The van der Waals surface area contributed by atoms with Gasteiger partial charge in [-0.2, -0.15) is 0 Å². The number of carbonyl (C=O) groups excluding carboxylic acids is 1.